The van der Waals surface area contributed by atoms with Gasteiger partial charge < -0.3 is 10.2 Å². The molecule has 0 saturated carbocycles. The van der Waals surface area contributed by atoms with Crippen LogP contribution in [0.4, 0.5) is 0 Å². The number of hydrogen-bond donors (Lipinski definition) is 1. The van der Waals surface area contributed by atoms with Gasteiger partial charge in [-0.3, -0.25) is 4.79 Å². The van der Waals surface area contributed by atoms with E-state index in [9.17, 15) is 4.79 Å². The molecule has 2 N–H and O–H groups in total. The molecule has 0 aliphatic carbocycles. The van der Waals surface area contributed by atoms with Crippen molar-refractivity contribution in [2.24, 2.45) is 5.73 Å². The first-order chi connectivity index (χ1) is 7.20. The van der Waals surface area contributed by atoms with Crippen molar-refractivity contribution in [2.75, 3.05) is 0 Å². The minimum atomic E-state index is -0.603. The molecule has 5 heteroatoms. The molecule has 0 saturated heterocycles. The first-order valence-corrected chi connectivity index (χ1v) is 4.04. The Bertz CT molecular complexity index is 472. The Labute approximate surface area is 86.0 Å². The molecular weight excluding hydrogens is 194 g/mol. The van der Waals surface area contributed by atoms with Crippen LogP contribution in [0.1, 0.15) is 12.2 Å². The van der Waals surface area contributed by atoms with Gasteiger partial charge in [0.2, 0.25) is 0 Å². The topological polar surface area (TPSA) is 104 Å². The van der Waals surface area contributed by atoms with Gasteiger partial charge >= 0.3 is 0 Å². The summed E-state index contributed by atoms with van der Waals surface area (Å²) in [5.74, 6) is -0.355. The van der Waals surface area contributed by atoms with Crippen LogP contribution >= 0.6 is 0 Å². The molecule has 0 aromatic carbocycles. The number of carbonyl (C=O) groups excluding carboxylic acids is 1. The van der Waals surface area contributed by atoms with E-state index in [1.165, 1.54) is 12.3 Å². The summed E-state index contributed by atoms with van der Waals surface area (Å²) in [7, 11) is 0. The Morgan fingerprint density at radius 3 is 2.73 bits per heavy atom. The Morgan fingerprint density at radius 2 is 2.27 bits per heavy atom. The van der Waals surface area contributed by atoms with Gasteiger partial charge in [-0.25, -0.2) is 0 Å². The van der Waals surface area contributed by atoms with Crippen molar-refractivity contribution in [1.82, 2.24) is 0 Å². The molecule has 0 radical (unpaired) electrons. The summed E-state index contributed by atoms with van der Waals surface area (Å²) in [6.45, 7) is 0. The molecule has 0 fully saturated rings. The molecule has 0 bridgehead atoms. The molecule has 0 spiro atoms. The van der Waals surface area contributed by atoms with Crippen molar-refractivity contribution in [3.63, 3.8) is 0 Å². The first kappa shape index (κ1) is 10.6. The summed E-state index contributed by atoms with van der Waals surface area (Å²) in [5.41, 5.74) is 5.28. The van der Waals surface area contributed by atoms with E-state index in [4.69, 9.17) is 20.7 Å². The number of ketones is 1. The van der Waals surface area contributed by atoms with Gasteiger partial charge in [0.1, 0.15) is 11.6 Å². The fourth-order valence-electron chi connectivity index (χ4n) is 0.988. The lowest BCUT2D eigenvalue weighted by Gasteiger charge is -1.99. The zero-order valence-corrected chi connectivity index (χ0v) is 7.73. The van der Waals surface area contributed by atoms with Gasteiger partial charge in [0.15, 0.2) is 11.5 Å². The third-order valence-corrected chi connectivity index (χ3v) is 1.69. The molecule has 1 rings (SSSR count). The van der Waals surface area contributed by atoms with E-state index in [2.05, 4.69) is 0 Å². The van der Waals surface area contributed by atoms with Crippen LogP contribution in [-0.4, -0.2) is 5.78 Å². The Balaban J connectivity index is 3.12. The second-order valence-electron chi connectivity index (χ2n) is 2.64. The fourth-order valence-corrected chi connectivity index (χ4v) is 0.988. The smallest absolute Gasteiger partial charge is 0.189 e. The van der Waals surface area contributed by atoms with Crippen molar-refractivity contribution >= 4 is 11.5 Å². The van der Waals surface area contributed by atoms with Crippen LogP contribution < -0.4 is 5.73 Å². The lowest BCUT2D eigenvalue weighted by molar-refractivity contribution is -0.114. The van der Waals surface area contributed by atoms with E-state index in [1.807, 2.05) is 0 Å². The van der Waals surface area contributed by atoms with Crippen LogP contribution in [0.5, 0.6) is 0 Å². The van der Waals surface area contributed by atoms with Crippen molar-refractivity contribution in [2.45, 2.75) is 6.42 Å². The highest BCUT2D eigenvalue weighted by Gasteiger charge is 2.15. The maximum absolute atomic E-state index is 11.3. The van der Waals surface area contributed by atoms with Crippen LogP contribution in [-0.2, 0) is 4.79 Å². The molecule has 0 amide bonds. The molecule has 0 aliphatic rings. The zero-order valence-electron chi connectivity index (χ0n) is 7.73. The largest absolute Gasteiger partial charge is 0.463 e. The van der Waals surface area contributed by atoms with E-state index in [0.29, 0.717) is 0 Å². The number of allylic oxidation sites excluding steroid dienone is 1. The number of nitrogens with two attached hydrogens (primary N) is 1. The monoisotopic (exact) mass is 201 g/mol. The Kier molecular flexibility index (Phi) is 3.26. The average Bonchev–Trinajstić information content (AvgIpc) is 2.71. The van der Waals surface area contributed by atoms with Gasteiger partial charge in [-0.05, 0) is 12.1 Å². The molecule has 15 heavy (non-hydrogen) atoms. The highest BCUT2D eigenvalue weighted by molar-refractivity contribution is 6.06. The van der Waals surface area contributed by atoms with E-state index in [0.717, 1.165) is 0 Å². The van der Waals surface area contributed by atoms with E-state index >= 15 is 0 Å². The van der Waals surface area contributed by atoms with Crippen LogP contribution in [0, 0.1) is 22.7 Å². The van der Waals surface area contributed by atoms with Crippen molar-refractivity contribution < 1.29 is 9.21 Å². The maximum Gasteiger partial charge on any atom is 0.189 e. The quantitative estimate of drug-likeness (QED) is 0.579. The Hall–Kier alpha value is -2.53. The van der Waals surface area contributed by atoms with Crippen LogP contribution in [0.3, 0.4) is 0 Å². The Morgan fingerprint density at radius 1 is 1.53 bits per heavy atom. The summed E-state index contributed by atoms with van der Waals surface area (Å²) in [4.78, 5) is 11.3. The molecule has 5 nitrogen and oxygen atoms in total. The summed E-state index contributed by atoms with van der Waals surface area (Å²) in [6, 6.07) is 6.45. The van der Waals surface area contributed by atoms with Crippen molar-refractivity contribution in [1.29, 1.82) is 10.5 Å². The summed E-state index contributed by atoms with van der Waals surface area (Å²) in [6.07, 6.45) is 1.01. The van der Waals surface area contributed by atoms with Crippen LogP contribution in [0.25, 0.3) is 5.70 Å². The minimum Gasteiger partial charge on any atom is -0.463 e. The highest BCUT2D eigenvalue weighted by atomic mass is 16.3. The average molecular weight is 201 g/mol. The van der Waals surface area contributed by atoms with E-state index in [-0.39, 0.29) is 23.5 Å². The third-order valence-electron chi connectivity index (χ3n) is 1.69. The van der Waals surface area contributed by atoms with Gasteiger partial charge in [-0.2, -0.15) is 10.5 Å². The molecule has 74 valence electrons. The van der Waals surface area contributed by atoms with Gasteiger partial charge in [0.05, 0.1) is 24.5 Å². The number of Topliss-reactive ketones (excluding diaryl/α,β-unsaturated/α-hetero) is 1. The van der Waals surface area contributed by atoms with Crippen molar-refractivity contribution in [3.05, 3.63) is 29.7 Å². The normalized spacial score (nSPS) is 11.1. The second-order valence-corrected chi connectivity index (χ2v) is 2.64. The molecule has 1 aromatic rings. The number of furan rings is 1. The predicted octanol–water partition coefficient (Wildman–Crippen LogP) is 0.956. The third kappa shape index (κ3) is 2.23. The minimum absolute atomic E-state index is 0.0391. The molecule has 0 atom stereocenters. The molecule has 0 aliphatic heterocycles. The second kappa shape index (κ2) is 4.64. The van der Waals surface area contributed by atoms with Gasteiger partial charge in [-0.1, -0.05) is 0 Å². The summed E-state index contributed by atoms with van der Waals surface area (Å²) < 4.78 is 4.94. The lowest BCUT2D eigenvalue weighted by Crippen LogP contribution is -2.08. The van der Waals surface area contributed by atoms with Gasteiger partial charge in [0.25, 0.3) is 0 Å². The number of rotatable bonds is 3. The van der Waals surface area contributed by atoms with Crippen LogP contribution in [0.2, 0.25) is 0 Å². The maximum atomic E-state index is 11.3. The SMILES string of the molecule is N#CCC(=O)/C(C#N)=C(/N)c1ccco1. The molecule has 1 aromatic heterocycles. The van der Waals surface area contributed by atoms with Crippen molar-refractivity contribution in [3.8, 4) is 12.1 Å². The van der Waals surface area contributed by atoms with E-state index in [1.54, 1.807) is 18.2 Å². The van der Waals surface area contributed by atoms with Crippen LogP contribution in [0.15, 0.2) is 28.4 Å². The first-order valence-electron chi connectivity index (χ1n) is 4.04. The van der Waals surface area contributed by atoms with E-state index < -0.39 is 5.78 Å². The number of carbonyl (C=O) groups is 1. The zero-order chi connectivity index (χ0) is 11.3. The highest BCUT2D eigenvalue weighted by Crippen LogP contribution is 2.15. The number of nitriles is 2. The molecule has 0 unspecified atom stereocenters. The summed E-state index contributed by atoms with van der Waals surface area (Å²) in [5, 5.41) is 17.1. The lowest BCUT2D eigenvalue weighted by atomic mass is 10.1. The fraction of sp³-hybridized carbons (Fsp3) is 0.100. The number of nitrogens with zero attached hydrogens (tertiary/aromatic N) is 2. The molecule has 1 heterocycles. The van der Waals surface area contributed by atoms with Gasteiger partial charge in [0, 0.05) is 0 Å². The standard InChI is InChI=1S/C10H7N3O2/c11-4-3-8(14)7(6-12)10(13)9-2-1-5-15-9/h1-2,5H,3,13H2/b10-7+. The van der Waals surface area contributed by atoms with Gasteiger partial charge in [-0.15, -0.1) is 0 Å². The number of hydrogen-bond acceptors (Lipinski definition) is 5. The summed E-state index contributed by atoms with van der Waals surface area (Å²) >= 11 is 0. The predicted molar refractivity (Wildman–Crippen MR) is 50.7 cm³/mol. The molecular formula is C10H7N3O2.